The monoisotopic (exact) mass is 416 g/mol. The van der Waals surface area contributed by atoms with Gasteiger partial charge < -0.3 is 16.0 Å². The number of halogens is 1. The van der Waals surface area contributed by atoms with Crippen LogP contribution in [0.2, 0.25) is 0 Å². The molecule has 0 aliphatic heterocycles. The molecule has 0 radical (unpaired) electrons. The first-order chi connectivity index (χ1) is 10.0. The van der Waals surface area contributed by atoms with Gasteiger partial charge in [0.05, 0.1) is 0 Å². The summed E-state index contributed by atoms with van der Waals surface area (Å²) in [5.74, 6) is 0.0595. The molecule has 0 spiro atoms. The van der Waals surface area contributed by atoms with Crippen molar-refractivity contribution in [1.29, 1.82) is 0 Å². The minimum atomic E-state index is -0.219. The van der Waals surface area contributed by atoms with Gasteiger partial charge in [-0.05, 0) is 47.2 Å². The standard InChI is InChI=1S/C14H17IN4OS/c1-3-7-19(2)14-18-12(16)11(21-14)13(20)17-10-6-4-5-9(15)8-10/h4-6,8H,3,7,16H2,1-2H3,(H,17,20). The molecule has 112 valence electrons. The van der Waals surface area contributed by atoms with Crippen LogP contribution in [-0.4, -0.2) is 24.5 Å². The average molecular weight is 416 g/mol. The Morgan fingerprint density at radius 2 is 2.29 bits per heavy atom. The summed E-state index contributed by atoms with van der Waals surface area (Å²) in [6, 6.07) is 7.62. The summed E-state index contributed by atoms with van der Waals surface area (Å²) in [7, 11) is 1.95. The maximum absolute atomic E-state index is 12.3. The lowest BCUT2D eigenvalue weighted by Crippen LogP contribution is -2.17. The predicted octanol–water partition coefficient (Wildman–Crippen LogP) is 3.43. The Hall–Kier alpha value is -1.35. The van der Waals surface area contributed by atoms with Gasteiger partial charge in [-0.2, -0.15) is 0 Å². The summed E-state index contributed by atoms with van der Waals surface area (Å²) >= 11 is 3.52. The zero-order valence-electron chi connectivity index (χ0n) is 11.9. The van der Waals surface area contributed by atoms with Crippen molar-refractivity contribution in [1.82, 2.24) is 4.98 Å². The van der Waals surface area contributed by atoms with Crippen molar-refractivity contribution >= 4 is 56.5 Å². The SMILES string of the molecule is CCCN(C)c1nc(N)c(C(=O)Nc2cccc(I)c2)s1. The number of benzene rings is 1. The fourth-order valence-corrected chi connectivity index (χ4v) is 3.24. The zero-order chi connectivity index (χ0) is 15.4. The molecule has 0 unspecified atom stereocenters. The minimum Gasteiger partial charge on any atom is -0.382 e. The van der Waals surface area contributed by atoms with Crippen LogP contribution in [0.1, 0.15) is 23.0 Å². The molecule has 0 atom stereocenters. The largest absolute Gasteiger partial charge is 0.382 e. The summed E-state index contributed by atoms with van der Waals surface area (Å²) in [4.78, 5) is 19.0. The quantitative estimate of drug-likeness (QED) is 0.733. The van der Waals surface area contributed by atoms with Gasteiger partial charge in [0.15, 0.2) is 5.13 Å². The highest BCUT2D eigenvalue weighted by Gasteiger charge is 2.18. The zero-order valence-corrected chi connectivity index (χ0v) is 14.9. The molecule has 0 saturated heterocycles. The lowest BCUT2D eigenvalue weighted by molar-refractivity contribution is 0.103. The number of nitrogens with one attached hydrogen (secondary N) is 1. The van der Waals surface area contributed by atoms with E-state index in [-0.39, 0.29) is 11.7 Å². The van der Waals surface area contributed by atoms with Gasteiger partial charge in [-0.15, -0.1) is 0 Å². The van der Waals surface area contributed by atoms with Gasteiger partial charge in [0.1, 0.15) is 10.7 Å². The first-order valence-corrected chi connectivity index (χ1v) is 8.45. The number of aromatic nitrogens is 1. The Kier molecular flexibility index (Phi) is 5.40. The van der Waals surface area contributed by atoms with E-state index >= 15 is 0 Å². The third-order valence-electron chi connectivity index (χ3n) is 2.82. The van der Waals surface area contributed by atoms with Crippen LogP contribution < -0.4 is 16.0 Å². The third kappa shape index (κ3) is 4.07. The van der Waals surface area contributed by atoms with E-state index in [4.69, 9.17) is 5.73 Å². The van der Waals surface area contributed by atoms with Crippen molar-refractivity contribution < 1.29 is 4.79 Å². The van der Waals surface area contributed by atoms with Crippen LogP contribution in [0.4, 0.5) is 16.6 Å². The molecular formula is C14H17IN4OS. The normalized spacial score (nSPS) is 10.4. The van der Waals surface area contributed by atoms with Crippen molar-refractivity contribution in [2.75, 3.05) is 29.5 Å². The number of hydrogen-bond donors (Lipinski definition) is 2. The van der Waals surface area contributed by atoms with Gasteiger partial charge in [0, 0.05) is 22.8 Å². The van der Waals surface area contributed by atoms with Gasteiger partial charge in [-0.3, -0.25) is 4.79 Å². The van der Waals surface area contributed by atoms with E-state index < -0.39 is 0 Å². The first-order valence-electron chi connectivity index (χ1n) is 6.55. The second-order valence-electron chi connectivity index (χ2n) is 4.60. The van der Waals surface area contributed by atoms with E-state index in [1.165, 1.54) is 11.3 Å². The highest BCUT2D eigenvalue weighted by Crippen LogP contribution is 2.28. The molecule has 1 aromatic carbocycles. The van der Waals surface area contributed by atoms with Crippen LogP contribution >= 0.6 is 33.9 Å². The second kappa shape index (κ2) is 7.08. The van der Waals surface area contributed by atoms with E-state index in [0.29, 0.717) is 4.88 Å². The molecule has 2 rings (SSSR count). The van der Waals surface area contributed by atoms with Crippen LogP contribution in [0.3, 0.4) is 0 Å². The Bertz CT molecular complexity index is 644. The highest BCUT2D eigenvalue weighted by molar-refractivity contribution is 14.1. The topological polar surface area (TPSA) is 71.2 Å². The molecule has 5 nitrogen and oxygen atoms in total. The fraction of sp³-hybridized carbons (Fsp3) is 0.286. The van der Waals surface area contributed by atoms with E-state index in [0.717, 1.165) is 27.4 Å². The molecule has 3 N–H and O–H groups in total. The molecule has 0 saturated carbocycles. The van der Waals surface area contributed by atoms with Gasteiger partial charge in [0.2, 0.25) is 0 Å². The summed E-state index contributed by atoms with van der Waals surface area (Å²) < 4.78 is 1.06. The predicted molar refractivity (Wildman–Crippen MR) is 97.2 cm³/mol. The lowest BCUT2D eigenvalue weighted by atomic mass is 10.3. The van der Waals surface area contributed by atoms with E-state index in [1.54, 1.807) is 0 Å². The Morgan fingerprint density at radius 3 is 2.95 bits per heavy atom. The van der Waals surface area contributed by atoms with E-state index in [1.807, 2.05) is 36.2 Å². The van der Waals surface area contributed by atoms with Crippen LogP contribution in [0, 0.1) is 3.57 Å². The van der Waals surface area contributed by atoms with Crippen molar-refractivity contribution in [3.63, 3.8) is 0 Å². The number of amides is 1. The molecule has 0 aliphatic carbocycles. The summed E-state index contributed by atoms with van der Waals surface area (Å²) in [5, 5.41) is 3.62. The second-order valence-corrected chi connectivity index (χ2v) is 6.82. The molecular weight excluding hydrogens is 399 g/mol. The fourth-order valence-electron chi connectivity index (χ4n) is 1.83. The average Bonchev–Trinajstić information content (AvgIpc) is 2.81. The van der Waals surface area contributed by atoms with E-state index in [9.17, 15) is 4.79 Å². The van der Waals surface area contributed by atoms with Crippen molar-refractivity contribution in [2.24, 2.45) is 0 Å². The molecule has 0 aliphatic rings. The summed E-state index contributed by atoms with van der Waals surface area (Å²) in [5.41, 5.74) is 6.62. The number of thiazole rings is 1. The smallest absolute Gasteiger partial charge is 0.269 e. The Balaban J connectivity index is 2.16. The van der Waals surface area contributed by atoms with Crippen LogP contribution in [0.5, 0.6) is 0 Å². The van der Waals surface area contributed by atoms with Crippen molar-refractivity contribution in [3.05, 3.63) is 32.7 Å². The van der Waals surface area contributed by atoms with Gasteiger partial charge in [-0.25, -0.2) is 4.98 Å². The number of nitrogen functional groups attached to an aromatic ring is 1. The Morgan fingerprint density at radius 1 is 1.52 bits per heavy atom. The number of nitrogens with zero attached hydrogens (tertiary/aromatic N) is 2. The van der Waals surface area contributed by atoms with Gasteiger partial charge in [-0.1, -0.05) is 24.3 Å². The summed E-state index contributed by atoms with van der Waals surface area (Å²) in [6.45, 7) is 2.98. The number of nitrogens with two attached hydrogens (primary N) is 1. The third-order valence-corrected chi connectivity index (χ3v) is 4.67. The number of rotatable bonds is 5. The molecule has 21 heavy (non-hydrogen) atoms. The van der Waals surface area contributed by atoms with E-state index in [2.05, 4.69) is 39.8 Å². The number of anilines is 3. The van der Waals surface area contributed by atoms with Crippen LogP contribution in [0.15, 0.2) is 24.3 Å². The van der Waals surface area contributed by atoms with Crippen molar-refractivity contribution in [2.45, 2.75) is 13.3 Å². The molecule has 0 bridgehead atoms. The molecule has 2 aromatic rings. The maximum Gasteiger partial charge on any atom is 0.269 e. The summed E-state index contributed by atoms with van der Waals surface area (Å²) in [6.07, 6.45) is 1.01. The lowest BCUT2D eigenvalue weighted by Gasteiger charge is -2.13. The van der Waals surface area contributed by atoms with Crippen LogP contribution in [-0.2, 0) is 0 Å². The Labute approximate surface area is 141 Å². The highest BCUT2D eigenvalue weighted by atomic mass is 127. The minimum absolute atomic E-state index is 0.219. The number of carbonyl (C=O) groups excluding carboxylic acids is 1. The number of hydrogen-bond acceptors (Lipinski definition) is 5. The molecule has 1 heterocycles. The number of carbonyl (C=O) groups is 1. The molecule has 0 fully saturated rings. The van der Waals surface area contributed by atoms with Crippen LogP contribution in [0.25, 0.3) is 0 Å². The van der Waals surface area contributed by atoms with Gasteiger partial charge >= 0.3 is 0 Å². The molecule has 7 heteroatoms. The van der Waals surface area contributed by atoms with Gasteiger partial charge in [0.25, 0.3) is 5.91 Å². The maximum atomic E-state index is 12.3. The first kappa shape index (κ1) is 16.0. The molecule has 1 aromatic heterocycles. The molecule has 1 amide bonds. The van der Waals surface area contributed by atoms with Crippen molar-refractivity contribution in [3.8, 4) is 0 Å².